The first-order valence-corrected chi connectivity index (χ1v) is 6.87. The van der Waals surface area contributed by atoms with Crippen LogP contribution in [-0.2, 0) is 7.05 Å². The van der Waals surface area contributed by atoms with Gasteiger partial charge >= 0.3 is 0 Å². The van der Waals surface area contributed by atoms with Crippen LogP contribution < -0.4 is 5.32 Å². The molecule has 0 radical (unpaired) electrons. The molecule has 2 aromatic heterocycles. The van der Waals surface area contributed by atoms with Crippen molar-refractivity contribution in [1.82, 2.24) is 14.5 Å². The van der Waals surface area contributed by atoms with Gasteiger partial charge in [0.2, 0.25) is 0 Å². The minimum Gasteiger partial charge on any atom is -0.396 e. The van der Waals surface area contributed by atoms with Crippen molar-refractivity contribution in [3.63, 3.8) is 0 Å². The van der Waals surface area contributed by atoms with E-state index >= 15 is 0 Å². The largest absolute Gasteiger partial charge is 0.396 e. The molecule has 104 valence electrons. The lowest BCUT2D eigenvalue weighted by molar-refractivity contribution is 0.255. The fourth-order valence-electron chi connectivity index (χ4n) is 2.37. The molecule has 0 aliphatic rings. The molecular formula is C14H22N4O. The van der Waals surface area contributed by atoms with E-state index in [2.05, 4.69) is 22.2 Å². The highest BCUT2D eigenvalue weighted by Crippen LogP contribution is 2.20. The van der Waals surface area contributed by atoms with Crippen LogP contribution in [0.1, 0.15) is 26.2 Å². The third kappa shape index (κ3) is 3.23. The van der Waals surface area contributed by atoms with Crippen molar-refractivity contribution in [1.29, 1.82) is 0 Å². The third-order valence-corrected chi connectivity index (χ3v) is 3.44. The second-order valence-corrected chi connectivity index (χ2v) is 4.93. The highest BCUT2D eigenvalue weighted by Gasteiger charge is 2.10. The Hall–Kier alpha value is -1.62. The molecule has 5 nitrogen and oxygen atoms in total. The molecule has 1 atom stereocenters. The average molecular weight is 262 g/mol. The number of aryl methyl sites for hydroxylation is 1. The molecule has 0 bridgehead atoms. The molecular weight excluding hydrogens is 240 g/mol. The molecule has 19 heavy (non-hydrogen) atoms. The number of hydrogen-bond donors (Lipinski definition) is 2. The Morgan fingerprint density at radius 3 is 2.95 bits per heavy atom. The van der Waals surface area contributed by atoms with E-state index < -0.39 is 0 Å². The number of rotatable bonds is 7. The summed E-state index contributed by atoms with van der Waals surface area (Å²) >= 11 is 0. The van der Waals surface area contributed by atoms with Crippen LogP contribution in [0.15, 0.2) is 18.6 Å². The number of pyridine rings is 1. The number of nitrogens with zero attached hydrogens (tertiary/aromatic N) is 3. The average Bonchev–Trinajstić information content (AvgIpc) is 2.79. The van der Waals surface area contributed by atoms with Gasteiger partial charge in [-0.1, -0.05) is 13.3 Å². The van der Waals surface area contributed by atoms with E-state index in [1.165, 1.54) is 0 Å². The molecule has 5 heteroatoms. The van der Waals surface area contributed by atoms with Crippen molar-refractivity contribution < 1.29 is 5.11 Å². The summed E-state index contributed by atoms with van der Waals surface area (Å²) < 4.78 is 1.99. The van der Waals surface area contributed by atoms with E-state index in [-0.39, 0.29) is 6.61 Å². The Labute approximate surface area is 113 Å². The van der Waals surface area contributed by atoms with Gasteiger partial charge in [0, 0.05) is 26.4 Å². The number of anilines is 1. The molecule has 0 amide bonds. The standard InChI is InChI=1S/C14H22N4O/c1-3-4-11(6-8-19)9-16-14-13-12(5-7-15-14)18(2)10-17-13/h5,7,10-11,19H,3-4,6,8-9H2,1-2H3,(H,15,16). The number of nitrogens with one attached hydrogen (secondary N) is 1. The Morgan fingerprint density at radius 1 is 1.37 bits per heavy atom. The van der Waals surface area contributed by atoms with Crippen molar-refractivity contribution in [3.05, 3.63) is 18.6 Å². The van der Waals surface area contributed by atoms with Gasteiger partial charge in [0.1, 0.15) is 5.52 Å². The summed E-state index contributed by atoms with van der Waals surface area (Å²) in [5, 5.41) is 12.4. The highest BCUT2D eigenvalue weighted by atomic mass is 16.3. The Balaban J connectivity index is 2.08. The van der Waals surface area contributed by atoms with E-state index in [4.69, 9.17) is 5.11 Å². The van der Waals surface area contributed by atoms with Crippen LogP contribution in [0, 0.1) is 5.92 Å². The summed E-state index contributed by atoms with van der Waals surface area (Å²) in [5.41, 5.74) is 1.98. The molecule has 0 saturated carbocycles. The molecule has 2 rings (SSSR count). The number of aromatic nitrogens is 3. The molecule has 2 N–H and O–H groups in total. The van der Waals surface area contributed by atoms with Crippen LogP contribution in [-0.4, -0.2) is 32.8 Å². The van der Waals surface area contributed by atoms with Gasteiger partial charge in [-0.05, 0) is 24.8 Å². The molecule has 0 aromatic carbocycles. The van der Waals surface area contributed by atoms with Crippen LogP contribution in [0.2, 0.25) is 0 Å². The van der Waals surface area contributed by atoms with E-state index in [0.29, 0.717) is 5.92 Å². The maximum atomic E-state index is 9.08. The molecule has 0 aliphatic heterocycles. The van der Waals surface area contributed by atoms with Crippen molar-refractivity contribution >= 4 is 16.9 Å². The van der Waals surface area contributed by atoms with Crippen LogP contribution in [0.3, 0.4) is 0 Å². The lowest BCUT2D eigenvalue weighted by Gasteiger charge is -2.16. The van der Waals surface area contributed by atoms with Crippen LogP contribution in [0.4, 0.5) is 5.82 Å². The minimum absolute atomic E-state index is 0.244. The van der Waals surface area contributed by atoms with Gasteiger partial charge in [0.05, 0.1) is 11.8 Å². The van der Waals surface area contributed by atoms with Crippen LogP contribution >= 0.6 is 0 Å². The topological polar surface area (TPSA) is 63.0 Å². The second kappa shape index (κ2) is 6.52. The zero-order valence-corrected chi connectivity index (χ0v) is 11.6. The molecule has 2 aromatic rings. The van der Waals surface area contributed by atoms with E-state index in [1.807, 2.05) is 17.7 Å². The molecule has 2 heterocycles. The molecule has 0 saturated heterocycles. The van der Waals surface area contributed by atoms with Gasteiger partial charge in [-0.3, -0.25) is 0 Å². The van der Waals surface area contributed by atoms with Crippen LogP contribution in [0.25, 0.3) is 11.0 Å². The molecule has 0 spiro atoms. The van der Waals surface area contributed by atoms with Gasteiger partial charge in [-0.15, -0.1) is 0 Å². The highest BCUT2D eigenvalue weighted by molar-refractivity contribution is 5.85. The van der Waals surface area contributed by atoms with Gasteiger partial charge in [0.15, 0.2) is 5.82 Å². The SMILES string of the molecule is CCCC(CCO)CNc1nccc2c1ncn2C. The first-order valence-electron chi connectivity index (χ1n) is 6.87. The molecule has 1 unspecified atom stereocenters. The van der Waals surface area contributed by atoms with Gasteiger partial charge in [-0.2, -0.15) is 0 Å². The smallest absolute Gasteiger partial charge is 0.154 e. The Kier molecular flexibility index (Phi) is 4.74. The summed E-state index contributed by atoms with van der Waals surface area (Å²) in [4.78, 5) is 8.74. The van der Waals surface area contributed by atoms with Gasteiger partial charge in [-0.25, -0.2) is 9.97 Å². The van der Waals surface area contributed by atoms with E-state index in [1.54, 1.807) is 12.5 Å². The summed E-state index contributed by atoms with van der Waals surface area (Å²) in [5.74, 6) is 1.31. The maximum Gasteiger partial charge on any atom is 0.154 e. The minimum atomic E-state index is 0.244. The quantitative estimate of drug-likeness (QED) is 0.803. The van der Waals surface area contributed by atoms with Crippen molar-refractivity contribution in [2.75, 3.05) is 18.5 Å². The summed E-state index contributed by atoms with van der Waals surface area (Å²) in [6.07, 6.45) is 6.68. The third-order valence-electron chi connectivity index (χ3n) is 3.44. The van der Waals surface area contributed by atoms with Gasteiger partial charge in [0.25, 0.3) is 0 Å². The lowest BCUT2D eigenvalue weighted by atomic mass is 10.0. The number of fused-ring (bicyclic) bond motifs is 1. The van der Waals surface area contributed by atoms with Gasteiger partial charge < -0.3 is 15.0 Å². The van der Waals surface area contributed by atoms with Crippen LogP contribution in [0.5, 0.6) is 0 Å². The zero-order valence-electron chi connectivity index (χ0n) is 11.6. The van der Waals surface area contributed by atoms with Crippen molar-refractivity contribution in [3.8, 4) is 0 Å². The van der Waals surface area contributed by atoms with Crippen molar-refractivity contribution in [2.24, 2.45) is 13.0 Å². The fraction of sp³-hybridized carbons (Fsp3) is 0.571. The van der Waals surface area contributed by atoms with E-state index in [9.17, 15) is 0 Å². The predicted molar refractivity (Wildman–Crippen MR) is 77.1 cm³/mol. The molecule has 0 fully saturated rings. The Morgan fingerprint density at radius 2 is 2.21 bits per heavy atom. The number of imidazole rings is 1. The first-order chi connectivity index (χ1) is 9.26. The number of hydrogen-bond acceptors (Lipinski definition) is 4. The fourth-order valence-corrected chi connectivity index (χ4v) is 2.37. The second-order valence-electron chi connectivity index (χ2n) is 4.93. The first kappa shape index (κ1) is 13.8. The summed E-state index contributed by atoms with van der Waals surface area (Å²) in [7, 11) is 1.98. The zero-order chi connectivity index (χ0) is 13.7. The normalized spacial score (nSPS) is 12.8. The monoisotopic (exact) mass is 262 g/mol. The maximum absolute atomic E-state index is 9.08. The summed E-state index contributed by atoms with van der Waals surface area (Å²) in [6.45, 7) is 3.24. The predicted octanol–water partition coefficient (Wildman–Crippen LogP) is 2.18. The van der Waals surface area contributed by atoms with Crippen molar-refractivity contribution in [2.45, 2.75) is 26.2 Å². The lowest BCUT2D eigenvalue weighted by Crippen LogP contribution is -2.16. The van der Waals surface area contributed by atoms with E-state index in [0.717, 1.165) is 42.7 Å². The number of aliphatic hydroxyl groups excluding tert-OH is 1. The summed E-state index contributed by atoms with van der Waals surface area (Å²) in [6, 6.07) is 1.96. The number of aliphatic hydroxyl groups is 1. The molecule has 0 aliphatic carbocycles. The Bertz CT molecular complexity index is 517.